The number of hydrogen-bond acceptors (Lipinski definition) is 3. The first-order chi connectivity index (χ1) is 9.63. The standard InChI is InChI=1S/C15H15BrFNO2/c1-19-12-4-6-15(20-2)10(7-12)9-18-14-5-3-11(16)8-13(14)17/h3-8,18H,9H2,1-2H3. The maximum Gasteiger partial charge on any atom is 0.147 e. The van der Waals surface area contributed by atoms with Crippen LogP contribution in [0.5, 0.6) is 11.5 Å². The fraction of sp³-hybridized carbons (Fsp3) is 0.200. The smallest absolute Gasteiger partial charge is 0.147 e. The molecule has 0 unspecified atom stereocenters. The fourth-order valence-electron chi connectivity index (χ4n) is 1.84. The number of benzene rings is 2. The molecule has 1 N–H and O–H groups in total. The van der Waals surface area contributed by atoms with Crippen molar-refractivity contribution >= 4 is 21.6 Å². The van der Waals surface area contributed by atoms with E-state index >= 15 is 0 Å². The molecule has 0 saturated carbocycles. The highest BCUT2D eigenvalue weighted by Gasteiger charge is 2.07. The summed E-state index contributed by atoms with van der Waals surface area (Å²) in [5.74, 6) is 1.16. The van der Waals surface area contributed by atoms with Gasteiger partial charge in [-0.1, -0.05) is 15.9 Å². The number of halogens is 2. The molecule has 0 aromatic heterocycles. The SMILES string of the molecule is COc1ccc(OC)c(CNc2ccc(Br)cc2F)c1. The maximum absolute atomic E-state index is 13.7. The van der Waals surface area contributed by atoms with Crippen LogP contribution in [0.25, 0.3) is 0 Å². The van der Waals surface area contributed by atoms with E-state index in [0.717, 1.165) is 17.1 Å². The fourth-order valence-corrected chi connectivity index (χ4v) is 2.18. The normalized spacial score (nSPS) is 10.2. The summed E-state index contributed by atoms with van der Waals surface area (Å²) < 4.78 is 24.9. The molecule has 0 saturated heterocycles. The van der Waals surface area contributed by atoms with Gasteiger partial charge in [-0.25, -0.2) is 4.39 Å². The summed E-state index contributed by atoms with van der Waals surface area (Å²) in [7, 11) is 3.21. The number of rotatable bonds is 5. The van der Waals surface area contributed by atoms with E-state index < -0.39 is 0 Å². The summed E-state index contributed by atoms with van der Waals surface area (Å²) in [6.45, 7) is 0.443. The zero-order valence-corrected chi connectivity index (χ0v) is 12.8. The minimum Gasteiger partial charge on any atom is -0.497 e. The average Bonchev–Trinajstić information content (AvgIpc) is 2.46. The molecule has 0 aliphatic carbocycles. The lowest BCUT2D eigenvalue weighted by Crippen LogP contribution is -2.03. The highest BCUT2D eigenvalue weighted by atomic mass is 79.9. The van der Waals surface area contributed by atoms with Crippen molar-refractivity contribution in [3.63, 3.8) is 0 Å². The number of anilines is 1. The van der Waals surface area contributed by atoms with Gasteiger partial charge in [-0.15, -0.1) is 0 Å². The van der Waals surface area contributed by atoms with Crippen LogP contribution in [0.15, 0.2) is 40.9 Å². The molecule has 2 aromatic rings. The van der Waals surface area contributed by atoms with Gasteiger partial charge in [0.15, 0.2) is 0 Å². The highest BCUT2D eigenvalue weighted by molar-refractivity contribution is 9.10. The predicted molar refractivity (Wildman–Crippen MR) is 81.0 cm³/mol. The molecule has 2 rings (SSSR count). The summed E-state index contributed by atoms with van der Waals surface area (Å²) in [5.41, 5.74) is 1.34. The average molecular weight is 340 g/mol. The van der Waals surface area contributed by atoms with Gasteiger partial charge in [0, 0.05) is 16.6 Å². The van der Waals surface area contributed by atoms with Crippen molar-refractivity contribution in [3.05, 3.63) is 52.3 Å². The van der Waals surface area contributed by atoms with Crippen molar-refractivity contribution in [2.45, 2.75) is 6.54 Å². The van der Waals surface area contributed by atoms with Gasteiger partial charge in [-0.3, -0.25) is 0 Å². The van der Waals surface area contributed by atoms with Crippen LogP contribution >= 0.6 is 15.9 Å². The molecule has 0 aliphatic heterocycles. The molecular formula is C15H15BrFNO2. The molecule has 0 fully saturated rings. The Morgan fingerprint density at radius 3 is 2.55 bits per heavy atom. The molecule has 0 spiro atoms. The topological polar surface area (TPSA) is 30.5 Å². The van der Waals surface area contributed by atoms with Gasteiger partial charge in [-0.2, -0.15) is 0 Å². The van der Waals surface area contributed by atoms with E-state index in [1.807, 2.05) is 18.2 Å². The van der Waals surface area contributed by atoms with Crippen molar-refractivity contribution in [1.29, 1.82) is 0 Å². The molecule has 20 heavy (non-hydrogen) atoms. The lowest BCUT2D eigenvalue weighted by Gasteiger charge is -2.12. The summed E-state index contributed by atoms with van der Waals surface area (Å²) >= 11 is 3.23. The first-order valence-electron chi connectivity index (χ1n) is 6.04. The van der Waals surface area contributed by atoms with E-state index in [1.54, 1.807) is 26.4 Å². The monoisotopic (exact) mass is 339 g/mol. The van der Waals surface area contributed by atoms with Gasteiger partial charge in [-0.05, 0) is 36.4 Å². The van der Waals surface area contributed by atoms with Crippen LogP contribution in [0.4, 0.5) is 10.1 Å². The van der Waals surface area contributed by atoms with Crippen LogP contribution in [0.1, 0.15) is 5.56 Å². The van der Waals surface area contributed by atoms with Crippen LogP contribution in [-0.2, 0) is 6.54 Å². The van der Waals surface area contributed by atoms with Gasteiger partial charge in [0.2, 0.25) is 0 Å². The molecule has 2 aromatic carbocycles. The Morgan fingerprint density at radius 2 is 1.90 bits per heavy atom. The number of nitrogens with one attached hydrogen (secondary N) is 1. The molecule has 0 radical (unpaired) electrons. The van der Waals surface area contributed by atoms with Crippen LogP contribution in [0, 0.1) is 5.82 Å². The van der Waals surface area contributed by atoms with E-state index in [1.165, 1.54) is 6.07 Å². The summed E-state index contributed by atoms with van der Waals surface area (Å²) in [4.78, 5) is 0. The Balaban J connectivity index is 2.17. The Morgan fingerprint density at radius 1 is 1.10 bits per heavy atom. The quantitative estimate of drug-likeness (QED) is 0.884. The largest absolute Gasteiger partial charge is 0.497 e. The van der Waals surface area contributed by atoms with Crippen molar-refractivity contribution in [2.75, 3.05) is 19.5 Å². The highest BCUT2D eigenvalue weighted by Crippen LogP contribution is 2.26. The number of methoxy groups -OCH3 is 2. The van der Waals surface area contributed by atoms with E-state index in [9.17, 15) is 4.39 Å². The molecule has 5 heteroatoms. The second kappa shape index (κ2) is 6.61. The molecule has 3 nitrogen and oxygen atoms in total. The molecule has 0 atom stereocenters. The van der Waals surface area contributed by atoms with Crippen molar-refractivity contribution < 1.29 is 13.9 Å². The summed E-state index contributed by atoms with van der Waals surface area (Å²) in [6.07, 6.45) is 0. The van der Waals surface area contributed by atoms with E-state index in [4.69, 9.17) is 9.47 Å². The van der Waals surface area contributed by atoms with Crippen LogP contribution in [-0.4, -0.2) is 14.2 Å². The first kappa shape index (κ1) is 14.7. The summed E-state index contributed by atoms with van der Waals surface area (Å²) in [5, 5.41) is 3.05. The van der Waals surface area contributed by atoms with E-state index in [-0.39, 0.29) is 5.82 Å². The van der Waals surface area contributed by atoms with Crippen LogP contribution in [0.3, 0.4) is 0 Å². The van der Waals surface area contributed by atoms with Gasteiger partial charge >= 0.3 is 0 Å². The predicted octanol–water partition coefficient (Wildman–Crippen LogP) is 4.22. The van der Waals surface area contributed by atoms with Gasteiger partial charge in [0.25, 0.3) is 0 Å². The minimum absolute atomic E-state index is 0.304. The second-order valence-electron chi connectivity index (χ2n) is 4.16. The minimum atomic E-state index is -0.304. The Kier molecular flexibility index (Phi) is 4.84. The van der Waals surface area contributed by atoms with Crippen LogP contribution in [0.2, 0.25) is 0 Å². The lowest BCUT2D eigenvalue weighted by atomic mass is 10.2. The zero-order valence-electron chi connectivity index (χ0n) is 11.2. The lowest BCUT2D eigenvalue weighted by molar-refractivity contribution is 0.399. The van der Waals surface area contributed by atoms with Gasteiger partial charge < -0.3 is 14.8 Å². The third kappa shape index (κ3) is 3.42. The zero-order chi connectivity index (χ0) is 14.5. The van der Waals surface area contributed by atoms with Crippen molar-refractivity contribution in [2.24, 2.45) is 0 Å². The van der Waals surface area contributed by atoms with Crippen molar-refractivity contribution in [3.8, 4) is 11.5 Å². The Bertz CT molecular complexity index is 604. The first-order valence-corrected chi connectivity index (χ1v) is 6.83. The molecular weight excluding hydrogens is 325 g/mol. The molecule has 0 bridgehead atoms. The van der Waals surface area contributed by atoms with Crippen molar-refractivity contribution in [1.82, 2.24) is 0 Å². The van der Waals surface area contributed by atoms with Gasteiger partial charge in [0.1, 0.15) is 17.3 Å². The summed E-state index contributed by atoms with van der Waals surface area (Å²) in [6, 6.07) is 10.4. The second-order valence-corrected chi connectivity index (χ2v) is 5.07. The Hall–Kier alpha value is -1.75. The third-order valence-corrected chi connectivity index (χ3v) is 3.38. The van der Waals surface area contributed by atoms with Crippen LogP contribution < -0.4 is 14.8 Å². The molecule has 0 amide bonds. The number of ether oxygens (including phenoxy) is 2. The molecule has 0 aliphatic rings. The van der Waals surface area contributed by atoms with E-state index in [0.29, 0.717) is 16.7 Å². The maximum atomic E-state index is 13.7. The van der Waals surface area contributed by atoms with Gasteiger partial charge in [0.05, 0.1) is 19.9 Å². The third-order valence-electron chi connectivity index (χ3n) is 2.89. The molecule has 0 heterocycles. The van der Waals surface area contributed by atoms with E-state index in [2.05, 4.69) is 21.2 Å². The Labute approximate surface area is 125 Å². The molecule has 106 valence electrons. The number of hydrogen-bond donors (Lipinski definition) is 1.